The first-order valence-electron chi connectivity index (χ1n) is 27.2. The second kappa shape index (κ2) is 29.9. The summed E-state index contributed by atoms with van der Waals surface area (Å²) in [5.74, 6) is -7.56. The summed E-state index contributed by atoms with van der Waals surface area (Å²) in [5.41, 5.74) is 0.795. The van der Waals surface area contributed by atoms with E-state index in [4.69, 9.17) is 35.4 Å². The fraction of sp³-hybridized carbons (Fsp3) is 0.561. The third-order valence-electron chi connectivity index (χ3n) is 13.9. The lowest BCUT2D eigenvalue weighted by molar-refractivity contribution is -0.197. The highest BCUT2D eigenvalue weighted by Crippen LogP contribution is 2.45. The first-order valence-corrected chi connectivity index (χ1v) is 27.6. The van der Waals surface area contributed by atoms with Crippen LogP contribution in [0.25, 0.3) is 0 Å². The summed E-state index contributed by atoms with van der Waals surface area (Å²) < 4.78 is 23.4. The molecule has 23 nitrogen and oxygen atoms in total. The Kier molecular flexibility index (Phi) is 23.8. The van der Waals surface area contributed by atoms with Crippen molar-refractivity contribution in [2.75, 3.05) is 20.7 Å². The lowest BCUT2D eigenvalue weighted by Crippen LogP contribution is -2.55. The van der Waals surface area contributed by atoms with Gasteiger partial charge in [-0.1, -0.05) is 82.6 Å². The lowest BCUT2D eigenvalue weighted by Gasteiger charge is -2.29. The van der Waals surface area contributed by atoms with Crippen LogP contribution >= 0.6 is 11.6 Å². The normalized spacial score (nSPS) is 22.0. The highest BCUT2D eigenvalue weighted by molar-refractivity contribution is 6.32. The van der Waals surface area contributed by atoms with E-state index in [0.717, 1.165) is 5.56 Å². The van der Waals surface area contributed by atoms with E-state index < -0.39 is 119 Å². The number of methoxy groups -OCH3 is 1. The maximum Gasteiger partial charge on any atom is 0.347 e. The maximum absolute atomic E-state index is 14.0. The number of carbonyl (C=O) groups excluding carboxylic acids is 11. The van der Waals surface area contributed by atoms with Crippen LogP contribution in [0, 0.1) is 23.2 Å². The van der Waals surface area contributed by atoms with Crippen molar-refractivity contribution in [2.24, 2.45) is 23.2 Å². The van der Waals surface area contributed by atoms with Gasteiger partial charge < -0.3 is 55.7 Å². The Balaban J connectivity index is 1.23. The number of imide groups is 1. The Labute approximate surface area is 476 Å². The van der Waals surface area contributed by atoms with Crippen molar-refractivity contribution in [3.05, 3.63) is 76.3 Å². The smallest absolute Gasteiger partial charge is 0.347 e. The van der Waals surface area contributed by atoms with Crippen LogP contribution in [0.5, 0.6) is 5.75 Å². The third-order valence-corrected chi connectivity index (χ3v) is 14.2. The van der Waals surface area contributed by atoms with E-state index in [0.29, 0.717) is 27.0 Å². The van der Waals surface area contributed by atoms with Gasteiger partial charge in [0.15, 0.2) is 6.10 Å². The van der Waals surface area contributed by atoms with Gasteiger partial charge in [0, 0.05) is 71.0 Å². The Bertz CT molecular complexity index is 2660. The molecule has 442 valence electrons. The molecule has 2 aromatic rings. The number of amides is 8. The zero-order valence-electron chi connectivity index (χ0n) is 47.3. The molecule has 8 atom stereocenters. The Morgan fingerprint density at radius 2 is 1.53 bits per heavy atom. The molecule has 2 fully saturated rings. The van der Waals surface area contributed by atoms with Gasteiger partial charge in [-0.2, -0.15) is 0 Å². The van der Waals surface area contributed by atoms with Crippen LogP contribution in [0.1, 0.15) is 129 Å². The molecule has 6 N–H and O–H groups in total. The molecule has 0 aromatic heterocycles. The molecule has 0 saturated carbocycles. The zero-order valence-corrected chi connectivity index (χ0v) is 48.1. The molecule has 0 radical (unpaired) electrons. The molecular weight excluding hydrogens is 1070 g/mol. The van der Waals surface area contributed by atoms with E-state index in [1.165, 1.54) is 26.3 Å². The molecule has 2 aromatic carbocycles. The van der Waals surface area contributed by atoms with Crippen molar-refractivity contribution in [1.29, 1.82) is 0 Å². The van der Waals surface area contributed by atoms with Crippen LogP contribution < -0.4 is 36.6 Å². The third kappa shape index (κ3) is 19.4. The number of nitrogens with one attached hydrogen (secondary N) is 6. The summed E-state index contributed by atoms with van der Waals surface area (Å²) in [7, 11) is 2.92. The summed E-state index contributed by atoms with van der Waals surface area (Å²) >= 11 is 6.38. The van der Waals surface area contributed by atoms with Gasteiger partial charge in [0.1, 0.15) is 36.1 Å². The van der Waals surface area contributed by atoms with Crippen LogP contribution in [0.15, 0.2) is 54.6 Å². The van der Waals surface area contributed by atoms with E-state index in [9.17, 15) is 52.7 Å². The fourth-order valence-corrected chi connectivity index (χ4v) is 9.15. The van der Waals surface area contributed by atoms with Crippen LogP contribution in [-0.2, 0) is 84.8 Å². The van der Waals surface area contributed by atoms with E-state index >= 15 is 0 Å². The summed E-state index contributed by atoms with van der Waals surface area (Å²) in [6.45, 7) is 12.0. The number of ether oxygens (including phenoxy) is 4. The van der Waals surface area contributed by atoms with Crippen LogP contribution in [0.3, 0.4) is 0 Å². The molecular formula is C57H76ClN7O16. The van der Waals surface area contributed by atoms with Crippen molar-refractivity contribution in [3.8, 4) is 5.75 Å². The van der Waals surface area contributed by atoms with Crippen LogP contribution in [-0.4, -0.2) is 127 Å². The SMILES string of the molecule is CNC(=O)CC[C@H](NC(=O)[C@@H](NC(=O)CCCC(=O)ON1C(=O)CCC1=O)C(C)C)C(=O)NCc1ccc([C@H]2O[C@@H]2[C@@H](C)[C@@H]2C/C=C/C(=O)N[C@H](Cc3ccc(OC)c(Cl)c3)C(=O)NCC(C)(C)C(=O)O[C@@H](CC(C)C)C(=O)O2)cc1. The molecule has 5 rings (SSSR count). The average molecular weight is 1150 g/mol. The van der Waals surface area contributed by atoms with E-state index in [1.807, 2.05) is 32.9 Å². The number of hydroxylamine groups is 2. The number of halogens is 1. The van der Waals surface area contributed by atoms with Gasteiger partial charge in [0.05, 0.1) is 23.7 Å². The van der Waals surface area contributed by atoms with E-state index in [2.05, 4.69) is 31.9 Å². The number of rotatable bonds is 23. The first-order chi connectivity index (χ1) is 38.3. The molecule has 0 aliphatic carbocycles. The lowest BCUT2D eigenvalue weighted by atomic mass is 9.92. The molecule has 81 heavy (non-hydrogen) atoms. The van der Waals surface area contributed by atoms with E-state index in [-0.39, 0.29) is 89.1 Å². The predicted molar refractivity (Wildman–Crippen MR) is 291 cm³/mol. The number of hydrogen-bond donors (Lipinski definition) is 6. The van der Waals surface area contributed by atoms with Gasteiger partial charge in [-0.25, -0.2) is 9.59 Å². The number of cyclic esters (lactones) is 2. The Hall–Kier alpha value is -7.40. The molecule has 8 amide bonds. The summed E-state index contributed by atoms with van der Waals surface area (Å²) in [6.07, 6.45) is -0.738. The molecule has 3 heterocycles. The minimum absolute atomic E-state index is 0.00740. The van der Waals surface area contributed by atoms with Gasteiger partial charge in [-0.05, 0) is 79.8 Å². The molecule has 0 unspecified atom stereocenters. The second-order valence-electron chi connectivity index (χ2n) is 21.8. The number of hydrogen-bond acceptors (Lipinski definition) is 16. The standard InChI is InChI=1S/C57H76ClN7O16/c1-31(2)26-42-55(75)78-40(12-10-13-44(67)62-39(28-35-18-22-41(77-9)37(58)27-35)53(73)61-30-57(6,7)56(76)79-42)33(5)50-51(80-50)36-19-16-34(17-20-36)29-60-52(72)38(21-23-43(66)59-8)63-54(74)49(32(3)4)64-45(68)14-11-15-48(71)81-65-46(69)24-25-47(65)70/h10,13,16-20,22,27,31-33,38-40,42,49-51H,11-12,14-15,21,23-26,28-30H2,1-9H3,(H,59,66)(H,60,72)(H,61,73)(H,62,67)(H,63,74)(H,64,68)/b13-10+/t33-,38-,39+,40-,42-,49-,50+,51+/m0/s1. The first kappa shape index (κ1) is 64.4. The summed E-state index contributed by atoms with van der Waals surface area (Å²) in [4.78, 5) is 148. The van der Waals surface area contributed by atoms with Gasteiger partial charge in [-0.15, -0.1) is 5.06 Å². The minimum Gasteiger partial charge on any atom is -0.495 e. The molecule has 3 aliphatic rings. The van der Waals surface area contributed by atoms with Crippen molar-refractivity contribution >= 4 is 76.8 Å². The fourth-order valence-electron chi connectivity index (χ4n) is 8.87. The van der Waals surface area contributed by atoms with Gasteiger partial charge in [0.2, 0.25) is 35.4 Å². The summed E-state index contributed by atoms with van der Waals surface area (Å²) in [6, 6.07) is 8.85. The molecule has 3 aliphatic heterocycles. The number of esters is 2. The Morgan fingerprint density at radius 3 is 2.16 bits per heavy atom. The van der Waals surface area contributed by atoms with Gasteiger partial charge in [-0.3, -0.25) is 43.2 Å². The largest absolute Gasteiger partial charge is 0.495 e. The summed E-state index contributed by atoms with van der Waals surface area (Å²) in [5, 5.41) is 16.9. The second-order valence-corrected chi connectivity index (χ2v) is 22.2. The number of epoxide rings is 1. The van der Waals surface area contributed by atoms with Crippen molar-refractivity contribution in [3.63, 3.8) is 0 Å². The number of nitrogens with zero attached hydrogens (tertiary/aromatic N) is 1. The monoisotopic (exact) mass is 1150 g/mol. The average Bonchev–Trinajstić information content (AvgIpc) is 4.35. The highest BCUT2D eigenvalue weighted by Gasteiger charge is 2.48. The van der Waals surface area contributed by atoms with E-state index in [1.54, 1.807) is 58.0 Å². The van der Waals surface area contributed by atoms with Gasteiger partial charge in [0.25, 0.3) is 11.8 Å². The van der Waals surface area contributed by atoms with Crippen LogP contribution in [0.2, 0.25) is 5.02 Å². The maximum atomic E-state index is 14.0. The van der Waals surface area contributed by atoms with Crippen molar-refractivity contribution in [2.45, 2.75) is 162 Å². The predicted octanol–water partition coefficient (Wildman–Crippen LogP) is 3.67. The topological polar surface area (TPSA) is 313 Å². The zero-order chi connectivity index (χ0) is 59.7. The highest BCUT2D eigenvalue weighted by atomic mass is 35.5. The quantitative estimate of drug-likeness (QED) is 0.0525. The molecule has 24 heteroatoms. The number of carbonyl (C=O) groups is 11. The number of benzene rings is 2. The van der Waals surface area contributed by atoms with Crippen molar-refractivity contribution < 1.29 is 76.5 Å². The Morgan fingerprint density at radius 1 is 0.852 bits per heavy atom. The molecule has 2 saturated heterocycles. The molecule has 0 bridgehead atoms. The van der Waals surface area contributed by atoms with Gasteiger partial charge >= 0.3 is 17.9 Å². The van der Waals surface area contributed by atoms with Crippen LogP contribution in [0.4, 0.5) is 0 Å². The minimum atomic E-state index is -1.30. The van der Waals surface area contributed by atoms with Crippen molar-refractivity contribution in [1.82, 2.24) is 37.0 Å². The molecule has 0 spiro atoms.